The van der Waals surface area contributed by atoms with Crippen molar-refractivity contribution in [2.24, 2.45) is 7.05 Å². The number of nitrogens with one attached hydrogen (secondary N) is 1. The highest BCUT2D eigenvalue weighted by Crippen LogP contribution is 2.33. The average Bonchev–Trinajstić information content (AvgIpc) is 3.15. The topological polar surface area (TPSA) is 80.1 Å². The molecule has 3 aromatic rings. The molecule has 2 amide bonds. The molecular formula is C24H27N5O2. The third kappa shape index (κ3) is 4.50. The predicted octanol–water partition coefficient (Wildman–Crippen LogP) is 3.42. The molecule has 0 spiro atoms. The van der Waals surface area contributed by atoms with Gasteiger partial charge in [0.1, 0.15) is 0 Å². The van der Waals surface area contributed by atoms with E-state index in [4.69, 9.17) is 0 Å². The molecule has 4 rings (SSSR count). The highest BCUT2D eigenvalue weighted by Gasteiger charge is 2.33. The van der Waals surface area contributed by atoms with Gasteiger partial charge in [-0.3, -0.25) is 19.3 Å². The largest absolute Gasteiger partial charge is 0.348 e. The molecule has 1 fully saturated rings. The maximum absolute atomic E-state index is 13.4. The number of benzene rings is 1. The molecule has 1 aromatic carbocycles. The first kappa shape index (κ1) is 20.8. The fraction of sp³-hybridized carbons (Fsp3) is 0.333. The van der Waals surface area contributed by atoms with Crippen LogP contribution in [0.1, 0.15) is 63.0 Å². The molecule has 1 saturated heterocycles. The minimum Gasteiger partial charge on any atom is -0.348 e. The number of aryl methyl sites for hydroxylation is 2. The second kappa shape index (κ2) is 9.12. The number of piperidine rings is 1. The monoisotopic (exact) mass is 417 g/mol. The lowest BCUT2D eigenvalue weighted by molar-refractivity contribution is 0.0601. The lowest BCUT2D eigenvalue weighted by atomic mass is 9.94. The summed E-state index contributed by atoms with van der Waals surface area (Å²) in [6, 6.07) is 13.1. The summed E-state index contributed by atoms with van der Waals surface area (Å²) in [5.41, 5.74) is 3.51. The molecule has 31 heavy (non-hydrogen) atoms. The summed E-state index contributed by atoms with van der Waals surface area (Å²) in [5, 5.41) is 7.30. The second-order valence-electron chi connectivity index (χ2n) is 7.92. The molecule has 0 radical (unpaired) electrons. The second-order valence-corrected chi connectivity index (χ2v) is 7.92. The SMILES string of the molecule is Cc1nn(C)cc1C(=O)N1CCCC[C@H]1c1ncccc1C(=O)NCc1ccccc1. The van der Waals surface area contributed by atoms with Crippen LogP contribution < -0.4 is 5.32 Å². The molecule has 0 unspecified atom stereocenters. The first-order valence-electron chi connectivity index (χ1n) is 10.6. The number of hydrogen-bond donors (Lipinski definition) is 1. The highest BCUT2D eigenvalue weighted by molar-refractivity contribution is 5.97. The van der Waals surface area contributed by atoms with Gasteiger partial charge in [0.25, 0.3) is 11.8 Å². The van der Waals surface area contributed by atoms with Gasteiger partial charge < -0.3 is 10.2 Å². The van der Waals surface area contributed by atoms with E-state index in [2.05, 4.69) is 15.4 Å². The first-order valence-corrected chi connectivity index (χ1v) is 10.6. The molecule has 160 valence electrons. The molecular weight excluding hydrogens is 390 g/mol. The van der Waals surface area contributed by atoms with E-state index in [1.165, 1.54) is 0 Å². The Morgan fingerprint density at radius 1 is 1.10 bits per heavy atom. The van der Waals surface area contributed by atoms with Crippen LogP contribution in [-0.4, -0.2) is 38.0 Å². The molecule has 1 aliphatic heterocycles. The molecule has 1 aliphatic rings. The Morgan fingerprint density at radius 3 is 2.65 bits per heavy atom. The average molecular weight is 418 g/mol. The summed E-state index contributed by atoms with van der Waals surface area (Å²) in [7, 11) is 1.81. The standard InChI is InChI=1S/C24H27N5O2/c1-17-20(16-28(2)27-17)24(31)29-14-7-6-12-21(29)22-19(11-8-13-25-22)23(30)26-15-18-9-4-3-5-10-18/h3-5,8-11,13,16,21H,6-7,12,14-15H2,1-2H3,(H,26,30)/t21-/m0/s1. The van der Waals surface area contributed by atoms with Gasteiger partial charge in [-0.15, -0.1) is 0 Å². The zero-order valence-corrected chi connectivity index (χ0v) is 17.9. The number of carbonyl (C=O) groups excluding carboxylic acids is 2. The maximum Gasteiger partial charge on any atom is 0.257 e. The van der Waals surface area contributed by atoms with E-state index in [0.717, 1.165) is 24.8 Å². The number of carbonyl (C=O) groups is 2. The van der Waals surface area contributed by atoms with E-state index in [1.807, 2.05) is 49.2 Å². The minimum atomic E-state index is -0.237. The van der Waals surface area contributed by atoms with Gasteiger partial charge in [0.2, 0.25) is 0 Å². The van der Waals surface area contributed by atoms with Gasteiger partial charge in [-0.1, -0.05) is 30.3 Å². The van der Waals surface area contributed by atoms with Crippen molar-refractivity contribution < 1.29 is 9.59 Å². The maximum atomic E-state index is 13.4. The smallest absolute Gasteiger partial charge is 0.257 e. The fourth-order valence-corrected chi connectivity index (χ4v) is 4.17. The molecule has 3 heterocycles. The molecule has 7 heteroatoms. The van der Waals surface area contributed by atoms with Gasteiger partial charge >= 0.3 is 0 Å². The van der Waals surface area contributed by atoms with Crippen LogP contribution in [0.25, 0.3) is 0 Å². The number of pyridine rings is 1. The van der Waals surface area contributed by atoms with E-state index in [9.17, 15) is 9.59 Å². The summed E-state index contributed by atoms with van der Waals surface area (Å²) in [4.78, 5) is 32.8. The number of likely N-dealkylation sites (tertiary alicyclic amines) is 1. The van der Waals surface area contributed by atoms with E-state index in [-0.39, 0.29) is 17.9 Å². The molecule has 1 N–H and O–H groups in total. The molecule has 0 aliphatic carbocycles. The summed E-state index contributed by atoms with van der Waals surface area (Å²) >= 11 is 0. The summed E-state index contributed by atoms with van der Waals surface area (Å²) < 4.78 is 1.66. The Hall–Kier alpha value is -3.48. The van der Waals surface area contributed by atoms with Crippen molar-refractivity contribution in [2.75, 3.05) is 6.54 Å². The van der Waals surface area contributed by atoms with Crippen LogP contribution in [0.15, 0.2) is 54.9 Å². The van der Waals surface area contributed by atoms with Crippen LogP contribution in [0.2, 0.25) is 0 Å². The van der Waals surface area contributed by atoms with Gasteiger partial charge in [0.05, 0.1) is 28.6 Å². The number of nitrogens with zero attached hydrogens (tertiary/aromatic N) is 4. The minimum absolute atomic E-state index is 0.0587. The van der Waals surface area contributed by atoms with Crippen LogP contribution in [0.5, 0.6) is 0 Å². The van der Waals surface area contributed by atoms with Gasteiger partial charge in [0.15, 0.2) is 0 Å². The van der Waals surface area contributed by atoms with Crippen molar-refractivity contribution in [3.8, 4) is 0 Å². The normalized spacial score (nSPS) is 16.2. The zero-order valence-electron chi connectivity index (χ0n) is 17.9. The van der Waals surface area contributed by atoms with Crippen molar-refractivity contribution in [1.82, 2.24) is 25.0 Å². The summed E-state index contributed by atoms with van der Waals surface area (Å²) in [6.45, 7) is 2.92. The van der Waals surface area contributed by atoms with E-state index >= 15 is 0 Å². The van der Waals surface area contributed by atoms with Gasteiger partial charge in [-0.25, -0.2) is 0 Å². The van der Waals surface area contributed by atoms with Crippen LogP contribution in [-0.2, 0) is 13.6 Å². The number of rotatable bonds is 5. The van der Waals surface area contributed by atoms with Crippen LogP contribution in [0.3, 0.4) is 0 Å². The molecule has 2 aromatic heterocycles. The van der Waals surface area contributed by atoms with Crippen LogP contribution in [0, 0.1) is 6.92 Å². The van der Waals surface area contributed by atoms with Crippen LogP contribution >= 0.6 is 0 Å². The molecule has 0 saturated carbocycles. The van der Waals surface area contributed by atoms with Crippen molar-refractivity contribution >= 4 is 11.8 Å². The Morgan fingerprint density at radius 2 is 1.90 bits per heavy atom. The van der Waals surface area contributed by atoms with E-state index in [1.54, 1.807) is 29.2 Å². The van der Waals surface area contributed by atoms with Gasteiger partial charge in [-0.05, 0) is 43.9 Å². The third-order valence-corrected chi connectivity index (χ3v) is 5.70. The highest BCUT2D eigenvalue weighted by atomic mass is 16.2. The van der Waals surface area contributed by atoms with E-state index in [0.29, 0.717) is 35.6 Å². The lowest BCUT2D eigenvalue weighted by Crippen LogP contribution is -2.40. The Labute approximate surface area is 182 Å². The summed E-state index contributed by atoms with van der Waals surface area (Å²) in [6.07, 6.45) is 6.15. The van der Waals surface area contributed by atoms with Gasteiger partial charge in [0, 0.05) is 32.5 Å². The third-order valence-electron chi connectivity index (χ3n) is 5.70. The first-order chi connectivity index (χ1) is 15.0. The van der Waals surface area contributed by atoms with Crippen molar-refractivity contribution in [2.45, 2.75) is 38.8 Å². The zero-order chi connectivity index (χ0) is 21.8. The summed E-state index contributed by atoms with van der Waals surface area (Å²) in [5.74, 6) is -0.237. The predicted molar refractivity (Wildman–Crippen MR) is 117 cm³/mol. The quantitative estimate of drug-likeness (QED) is 0.690. The number of aromatic nitrogens is 3. The Bertz CT molecular complexity index is 1080. The number of amides is 2. The van der Waals surface area contributed by atoms with Crippen molar-refractivity contribution in [1.29, 1.82) is 0 Å². The van der Waals surface area contributed by atoms with Crippen LogP contribution in [0.4, 0.5) is 0 Å². The lowest BCUT2D eigenvalue weighted by Gasteiger charge is -2.36. The molecule has 7 nitrogen and oxygen atoms in total. The van der Waals surface area contributed by atoms with Gasteiger partial charge in [-0.2, -0.15) is 5.10 Å². The molecule has 1 atom stereocenters. The van der Waals surface area contributed by atoms with E-state index < -0.39 is 0 Å². The van der Waals surface area contributed by atoms with Crippen molar-refractivity contribution in [3.05, 3.63) is 82.9 Å². The Kier molecular flexibility index (Phi) is 6.11. The fourth-order valence-electron chi connectivity index (χ4n) is 4.17. The number of hydrogen-bond acceptors (Lipinski definition) is 4. The molecule has 0 bridgehead atoms. The Balaban J connectivity index is 1.59. The van der Waals surface area contributed by atoms with Crippen molar-refractivity contribution in [3.63, 3.8) is 0 Å².